The van der Waals surface area contributed by atoms with Gasteiger partial charge in [-0.1, -0.05) is 45.0 Å². The van der Waals surface area contributed by atoms with Crippen LogP contribution in [0, 0.1) is 10.1 Å². The van der Waals surface area contributed by atoms with Gasteiger partial charge in [-0.05, 0) is 40.8 Å². The number of benzene rings is 2. The summed E-state index contributed by atoms with van der Waals surface area (Å²) in [6, 6.07) is 17.5. The van der Waals surface area contributed by atoms with Crippen molar-refractivity contribution in [2.45, 2.75) is 39.3 Å². The van der Waals surface area contributed by atoms with Gasteiger partial charge in [0.2, 0.25) is 0 Å². The Labute approximate surface area is 169 Å². The number of furan rings is 1. The first-order chi connectivity index (χ1) is 13.7. The van der Waals surface area contributed by atoms with Crippen LogP contribution >= 0.6 is 0 Å². The molecule has 0 atom stereocenters. The first-order valence-corrected chi connectivity index (χ1v) is 9.39. The van der Waals surface area contributed by atoms with Crippen molar-refractivity contribution < 1.29 is 14.1 Å². The van der Waals surface area contributed by atoms with Crippen LogP contribution in [0.5, 0.6) is 0 Å². The fraction of sp³-hybridized carbons (Fsp3) is 0.261. The molecule has 0 bridgehead atoms. The highest BCUT2D eigenvalue weighted by Crippen LogP contribution is 2.23. The summed E-state index contributed by atoms with van der Waals surface area (Å²) >= 11 is 0. The van der Waals surface area contributed by atoms with Gasteiger partial charge >= 0.3 is 0 Å². The summed E-state index contributed by atoms with van der Waals surface area (Å²) < 4.78 is 5.42. The van der Waals surface area contributed by atoms with Gasteiger partial charge in [-0.15, -0.1) is 0 Å². The zero-order valence-corrected chi connectivity index (χ0v) is 16.8. The van der Waals surface area contributed by atoms with E-state index in [0.29, 0.717) is 24.4 Å². The summed E-state index contributed by atoms with van der Waals surface area (Å²) in [4.78, 5) is 25.3. The van der Waals surface area contributed by atoms with Crippen LogP contribution in [0.2, 0.25) is 0 Å². The number of nitrogens with zero attached hydrogens (tertiary/aromatic N) is 2. The molecule has 1 heterocycles. The van der Waals surface area contributed by atoms with Crippen LogP contribution in [-0.2, 0) is 18.5 Å². The molecule has 0 saturated heterocycles. The molecule has 0 fully saturated rings. The molecule has 1 amide bonds. The van der Waals surface area contributed by atoms with E-state index < -0.39 is 4.92 Å². The van der Waals surface area contributed by atoms with Crippen molar-refractivity contribution in [2.24, 2.45) is 0 Å². The normalized spacial score (nSPS) is 11.3. The second-order valence-corrected chi connectivity index (χ2v) is 7.99. The van der Waals surface area contributed by atoms with Gasteiger partial charge in [0.05, 0.1) is 17.7 Å². The first-order valence-electron chi connectivity index (χ1n) is 9.39. The molecule has 0 aliphatic heterocycles. The third-order valence-electron chi connectivity index (χ3n) is 4.73. The third kappa shape index (κ3) is 5.10. The van der Waals surface area contributed by atoms with Crippen molar-refractivity contribution in [3.63, 3.8) is 0 Å². The zero-order valence-electron chi connectivity index (χ0n) is 16.8. The molecular weight excluding hydrogens is 368 g/mol. The monoisotopic (exact) mass is 392 g/mol. The van der Waals surface area contributed by atoms with Gasteiger partial charge in [0.15, 0.2) is 0 Å². The Morgan fingerprint density at radius 2 is 1.66 bits per heavy atom. The van der Waals surface area contributed by atoms with E-state index in [1.807, 2.05) is 30.3 Å². The summed E-state index contributed by atoms with van der Waals surface area (Å²) in [6.45, 7) is 7.01. The lowest BCUT2D eigenvalue weighted by Gasteiger charge is -2.23. The van der Waals surface area contributed by atoms with Crippen LogP contribution in [0.4, 0.5) is 5.69 Å². The van der Waals surface area contributed by atoms with E-state index in [1.54, 1.807) is 29.4 Å². The molecule has 0 spiro atoms. The SMILES string of the molecule is CC(C)(C)c1ccc(C(=O)N(Cc2ccc([N+](=O)[O-])cc2)Cc2ccco2)cc1. The highest BCUT2D eigenvalue weighted by Gasteiger charge is 2.20. The highest BCUT2D eigenvalue weighted by atomic mass is 16.6. The van der Waals surface area contributed by atoms with Gasteiger partial charge in [0.25, 0.3) is 11.6 Å². The van der Waals surface area contributed by atoms with Gasteiger partial charge in [0, 0.05) is 24.2 Å². The van der Waals surface area contributed by atoms with Crippen LogP contribution in [0.15, 0.2) is 71.3 Å². The summed E-state index contributed by atoms with van der Waals surface area (Å²) in [5, 5.41) is 10.9. The van der Waals surface area contributed by atoms with Crippen LogP contribution in [0.1, 0.15) is 48.0 Å². The lowest BCUT2D eigenvalue weighted by Crippen LogP contribution is -2.30. The Bertz CT molecular complexity index is 969. The first kappa shape index (κ1) is 20.3. The minimum atomic E-state index is -0.438. The number of carbonyl (C=O) groups excluding carboxylic acids is 1. The van der Waals surface area contributed by atoms with Gasteiger partial charge in [0.1, 0.15) is 5.76 Å². The molecule has 150 valence electrons. The zero-order chi connectivity index (χ0) is 21.0. The number of non-ortho nitro benzene ring substituents is 1. The Morgan fingerprint density at radius 1 is 1.00 bits per heavy atom. The lowest BCUT2D eigenvalue weighted by atomic mass is 9.86. The standard InChI is InChI=1S/C23H24N2O4/c1-23(2,3)19-10-8-18(9-11-19)22(26)24(16-21-5-4-14-29-21)15-17-6-12-20(13-7-17)25(27)28/h4-14H,15-16H2,1-3H3. The number of carbonyl (C=O) groups is 1. The fourth-order valence-corrected chi connectivity index (χ4v) is 3.03. The van der Waals surface area contributed by atoms with Crippen molar-refractivity contribution in [1.29, 1.82) is 0 Å². The smallest absolute Gasteiger partial charge is 0.269 e. The second kappa shape index (κ2) is 8.31. The van der Waals surface area contributed by atoms with Crippen molar-refractivity contribution in [3.05, 3.63) is 99.5 Å². The van der Waals surface area contributed by atoms with E-state index in [-0.39, 0.29) is 17.0 Å². The number of nitro benzene ring substituents is 1. The molecular formula is C23H24N2O4. The molecule has 29 heavy (non-hydrogen) atoms. The molecule has 6 nitrogen and oxygen atoms in total. The topological polar surface area (TPSA) is 76.6 Å². The van der Waals surface area contributed by atoms with E-state index >= 15 is 0 Å². The Kier molecular flexibility index (Phi) is 5.82. The van der Waals surface area contributed by atoms with Gasteiger partial charge in [-0.2, -0.15) is 0 Å². The Hall–Kier alpha value is -3.41. The van der Waals surface area contributed by atoms with Crippen LogP contribution < -0.4 is 0 Å². The van der Waals surface area contributed by atoms with E-state index in [9.17, 15) is 14.9 Å². The minimum Gasteiger partial charge on any atom is -0.467 e. The molecule has 0 aliphatic carbocycles. The van der Waals surface area contributed by atoms with E-state index in [1.165, 1.54) is 12.1 Å². The average Bonchev–Trinajstić information content (AvgIpc) is 3.20. The number of rotatable bonds is 6. The van der Waals surface area contributed by atoms with E-state index in [4.69, 9.17) is 4.42 Å². The number of nitro groups is 1. The summed E-state index contributed by atoms with van der Waals surface area (Å²) in [7, 11) is 0. The molecule has 0 saturated carbocycles. The summed E-state index contributed by atoms with van der Waals surface area (Å²) in [6.07, 6.45) is 1.57. The number of hydrogen-bond acceptors (Lipinski definition) is 4. The molecule has 1 aromatic heterocycles. The molecule has 0 unspecified atom stereocenters. The largest absolute Gasteiger partial charge is 0.467 e. The predicted molar refractivity (Wildman–Crippen MR) is 111 cm³/mol. The second-order valence-electron chi connectivity index (χ2n) is 7.99. The molecule has 3 rings (SSSR count). The van der Waals surface area contributed by atoms with Crippen molar-refractivity contribution in [2.75, 3.05) is 0 Å². The summed E-state index contributed by atoms with van der Waals surface area (Å²) in [5.74, 6) is 0.548. The van der Waals surface area contributed by atoms with Crippen LogP contribution in [-0.4, -0.2) is 15.7 Å². The van der Waals surface area contributed by atoms with Gasteiger partial charge < -0.3 is 9.32 Å². The molecule has 0 aliphatic rings. The molecule has 6 heteroatoms. The third-order valence-corrected chi connectivity index (χ3v) is 4.73. The molecule has 2 aromatic carbocycles. The number of amides is 1. The van der Waals surface area contributed by atoms with Crippen LogP contribution in [0.3, 0.4) is 0 Å². The Balaban J connectivity index is 1.84. The predicted octanol–water partition coefficient (Wildman–Crippen LogP) is 5.33. The molecule has 0 radical (unpaired) electrons. The average molecular weight is 392 g/mol. The summed E-state index contributed by atoms with van der Waals surface area (Å²) in [5.41, 5.74) is 2.58. The Morgan fingerprint density at radius 3 is 2.17 bits per heavy atom. The van der Waals surface area contributed by atoms with E-state index in [0.717, 1.165) is 11.1 Å². The molecule has 3 aromatic rings. The van der Waals surface area contributed by atoms with Crippen LogP contribution in [0.25, 0.3) is 0 Å². The fourth-order valence-electron chi connectivity index (χ4n) is 3.03. The van der Waals surface area contributed by atoms with Crippen molar-refractivity contribution >= 4 is 11.6 Å². The minimum absolute atomic E-state index is 0.00812. The maximum atomic E-state index is 13.2. The van der Waals surface area contributed by atoms with E-state index in [2.05, 4.69) is 20.8 Å². The van der Waals surface area contributed by atoms with Crippen molar-refractivity contribution in [3.8, 4) is 0 Å². The quantitative estimate of drug-likeness (QED) is 0.420. The lowest BCUT2D eigenvalue weighted by molar-refractivity contribution is -0.384. The highest BCUT2D eigenvalue weighted by molar-refractivity contribution is 5.94. The maximum Gasteiger partial charge on any atom is 0.269 e. The van der Waals surface area contributed by atoms with Crippen molar-refractivity contribution in [1.82, 2.24) is 4.90 Å². The maximum absolute atomic E-state index is 13.2. The molecule has 0 N–H and O–H groups in total. The van der Waals surface area contributed by atoms with Gasteiger partial charge in [-0.25, -0.2) is 0 Å². The number of hydrogen-bond donors (Lipinski definition) is 0. The van der Waals surface area contributed by atoms with Gasteiger partial charge in [-0.3, -0.25) is 14.9 Å².